The molecule has 0 saturated carbocycles. The largest absolute Gasteiger partial charge is 0.492 e. The maximum Gasteiger partial charge on any atom is 0.120 e. The van der Waals surface area contributed by atoms with Crippen molar-refractivity contribution >= 4 is 60.7 Å². The lowest BCUT2D eigenvalue weighted by Gasteiger charge is -2.11. The van der Waals surface area contributed by atoms with E-state index in [-0.39, 0.29) is 0 Å². The van der Waals surface area contributed by atoms with Crippen molar-refractivity contribution in [3.63, 3.8) is 0 Å². The van der Waals surface area contributed by atoms with Crippen molar-refractivity contribution in [2.75, 3.05) is 18.5 Å². The van der Waals surface area contributed by atoms with Gasteiger partial charge in [0, 0.05) is 15.5 Å². The van der Waals surface area contributed by atoms with Gasteiger partial charge in [-0.2, -0.15) is 0 Å². The summed E-state index contributed by atoms with van der Waals surface area (Å²) < 4.78 is 7.39. The van der Waals surface area contributed by atoms with Crippen LogP contribution in [0.3, 0.4) is 0 Å². The summed E-state index contributed by atoms with van der Waals surface area (Å²) >= 11 is 18.9. The van der Waals surface area contributed by atoms with E-state index in [9.17, 15) is 0 Å². The maximum atomic E-state index is 6.14. The molecule has 0 saturated heterocycles. The molecule has 0 aliphatic heterocycles. The minimum Gasteiger partial charge on any atom is -0.492 e. The van der Waals surface area contributed by atoms with E-state index in [0.29, 0.717) is 23.2 Å². The highest BCUT2D eigenvalue weighted by Crippen LogP contribution is 2.35. The average molecular weight is 440 g/mol. The molecule has 0 fully saturated rings. The van der Waals surface area contributed by atoms with Crippen LogP contribution >= 0.6 is 55.1 Å². The lowest BCUT2D eigenvalue weighted by Crippen LogP contribution is -2.11. The second-order valence-electron chi connectivity index (χ2n) is 3.96. The summed E-state index contributed by atoms with van der Waals surface area (Å²) in [4.78, 5) is 0. The zero-order valence-corrected chi connectivity index (χ0v) is 15.0. The number of hydrogen-bond donors (Lipinski definition) is 1. The number of hydrogen-bond acceptors (Lipinski definition) is 2. The van der Waals surface area contributed by atoms with Crippen molar-refractivity contribution in [1.29, 1.82) is 0 Å². The van der Waals surface area contributed by atoms with Gasteiger partial charge in [-0.05, 0) is 46.3 Å². The van der Waals surface area contributed by atoms with E-state index in [2.05, 4.69) is 37.2 Å². The lowest BCUT2D eigenvalue weighted by atomic mass is 10.3. The molecule has 0 radical (unpaired) electrons. The molecule has 6 heteroatoms. The molecule has 0 spiro atoms. The molecule has 20 heavy (non-hydrogen) atoms. The number of ether oxygens (including phenoxy) is 1. The van der Waals surface area contributed by atoms with Crippen LogP contribution < -0.4 is 10.1 Å². The summed E-state index contributed by atoms with van der Waals surface area (Å²) in [6.07, 6.45) is 0. The molecule has 0 unspecified atom stereocenters. The molecular formula is C14H11Br2Cl2NO. The van der Waals surface area contributed by atoms with Crippen molar-refractivity contribution < 1.29 is 4.74 Å². The third kappa shape index (κ3) is 4.29. The topological polar surface area (TPSA) is 21.3 Å². The average Bonchev–Trinajstić information content (AvgIpc) is 2.43. The summed E-state index contributed by atoms with van der Waals surface area (Å²) in [5, 5.41) is 4.20. The monoisotopic (exact) mass is 437 g/mol. The lowest BCUT2D eigenvalue weighted by molar-refractivity contribution is 0.332. The predicted octanol–water partition coefficient (Wildman–Crippen LogP) is 6.01. The molecule has 0 atom stereocenters. The van der Waals surface area contributed by atoms with Gasteiger partial charge >= 0.3 is 0 Å². The number of nitrogens with one attached hydrogen (secondary N) is 1. The molecule has 0 bridgehead atoms. The van der Waals surface area contributed by atoms with Crippen LogP contribution in [0.2, 0.25) is 10.0 Å². The van der Waals surface area contributed by atoms with Crippen LogP contribution in [0.4, 0.5) is 5.69 Å². The third-order valence-corrected chi connectivity index (χ3v) is 4.78. The maximum absolute atomic E-state index is 6.14. The first kappa shape index (κ1) is 16.0. The molecule has 0 aromatic heterocycles. The van der Waals surface area contributed by atoms with Gasteiger partial charge in [0.1, 0.15) is 12.4 Å². The SMILES string of the molecule is Clc1c(Br)ccc(NCCOc2cccc(Br)c2)c1Cl. The normalized spacial score (nSPS) is 10.4. The van der Waals surface area contributed by atoms with E-state index in [1.807, 2.05) is 36.4 Å². The quantitative estimate of drug-likeness (QED) is 0.455. The Morgan fingerprint density at radius 1 is 1.05 bits per heavy atom. The summed E-state index contributed by atoms with van der Waals surface area (Å²) in [6, 6.07) is 11.4. The Kier molecular flexibility index (Phi) is 6.02. The highest BCUT2D eigenvalue weighted by Gasteiger charge is 2.07. The summed E-state index contributed by atoms with van der Waals surface area (Å²) in [6.45, 7) is 1.16. The second kappa shape index (κ2) is 7.55. The fraction of sp³-hybridized carbons (Fsp3) is 0.143. The van der Waals surface area contributed by atoms with Gasteiger partial charge in [-0.1, -0.05) is 45.2 Å². The van der Waals surface area contributed by atoms with Gasteiger partial charge < -0.3 is 10.1 Å². The van der Waals surface area contributed by atoms with Crippen molar-refractivity contribution in [2.45, 2.75) is 0 Å². The molecule has 2 rings (SSSR count). The first-order valence-electron chi connectivity index (χ1n) is 5.83. The molecule has 1 N–H and O–H groups in total. The van der Waals surface area contributed by atoms with E-state index in [0.717, 1.165) is 20.4 Å². The summed E-state index contributed by atoms with van der Waals surface area (Å²) in [7, 11) is 0. The highest BCUT2D eigenvalue weighted by molar-refractivity contribution is 9.10. The van der Waals surface area contributed by atoms with Gasteiger partial charge in [-0.25, -0.2) is 0 Å². The molecule has 0 aliphatic rings. The molecule has 2 aromatic rings. The Morgan fingerprint density at radius 3 is 2.60 bits per heavy atom. The second-order valence-corrected chi connectivity index (χ2v) is 6.48. The van der Waals surface area contributed by atoms with Gasteiger partial charge in [0.25, 0.3) is 0 Å². The van der Waals surface area contributed by atoms with E-state index in [1.165, 1.54) is 0 Å². The van der Waals surface area contributed by atoms with Crippen LogP contribution in [0.15, 0.2) is 45.3 Å². The molecular weight excluding hydrogens is 429 g/mol. The van der Waals surface area contributed by atoms with Crippen molar-refractivity contribution in [3.05, 3.63) is 55.4 Å². The fourth-order valence-electron chi connectivity index (χ4n) is 1.57. The fourth-order valence-corrected chi connectivity index (χ4v) is 2.79. The van der Waals surface area contributed by atoms with Crippen LogP contribution in [0.25, 0.3) is 0 Å². The summed E-state index contributed by atoms with van der Waals surface area (Å²) in [5.74, 6) is 0.820. The minimum absolute atomic E-state index is 0.503. The van der Waals surface area contributed by atoms with Crippen molar-refractivity contribution in [1.82, 2.24) is 0 Å². The third-order valence-electron chi connectivity index (χ3n) is 2.52. The molecule has 2 aromatic carbocycles. The Morgan fingerprint density at radius 2 is 1.85 bits per heavy atom. The van der Waals surface area contributed by atoms with E-state index in [4.69, 9.17) is 27.9 Å². The molecule has 0 aliphatic carbocycles. The minimum atomic E-state index is 0.503. The smallest absolute Gasteiger partial charge is 0.120 e. The van der Waals surface area contributed by atoms with Gasteiger partial charge in [0.2, 0.25) is 0 Å². The van der Waals surface area contributed by atoms with Gasteiger partial charge in [-0.3, -0.25) is 0 Å². The molecule has 2 nitrogen and oxygen atoms in total. The highest BCUT2D eigenvalue weighted by atomic mass is 79.9. The molecule has 0 heterocycles. The van der Waals surface area contributed by atoms with Crippen molar-refractivity contribution in [3.8, 4) is 5.75 Å². The molecule has 0 amide bonds. The number of benzene rings is 2. The Hall–Kier alpha value is -0.420. The van der Waals surface area contributed by atoms with E-state index >= 15 is 0 Å². The number of anilines is 1. The van der Waals surface area contributed by atoms with Crippen LogP contribution in [0.5, 0.6) is 5.75 Å². The van der Waals surface area contributed by atoms with Gasteiger partial charge in [0.15, 0.2) is 0 Å². The standard InChI is InChI=1S/C14H11Br2Cl2NO/c15-9-2-1-3-10(8-9)20-7-6-19-12-5-4-11(16)13(17)14(12)18/h1-5,8,19H,6-7H2. The zero-order chi connectivity index (χ0) is 14.5. The Labute approximate surface area is 144 Å². The summed E-state index contributed by atoms with van der Waals surface area (Å²) in [5.41, 5.74) is 0.790. The number of halogens is 4. The zero-order valence-electron chi connectivity index (χ0n) is 10.3. The van der Waals surface area contributed by atoms with Crippen LogP contribution in [-0.2, 0) is 0 Å². The number of rotatable bonds is 5. The first-order valence-corrected chi connectivity index (χ1v) is 8.18. The first-order chi connectivity index (χ1) is 9.58. The van der Waals surface area contributed by atoms with Gasteiger partial charge in [0.05, 0.1) is 15.7 Å². The van der Waals surface area contributed by atoms with Crippen LogP contribution in [-0.4, -0.2) is 13.2 Å². The molecule has 106 valence electrons. The van der Waals surface area contributed by atoms with Crippen molar-refractivity contribution in [2.24, 2.45) is 0 Å². The van der Waals surface area contributed by atoms with Gasteiger partial charge in [-0.15, -0.1) is 0 Å². The Bertz CT molecular complexity index is 608. The predicted molar refractivity (Wildman–Crippen MR) is 92.3 cm³/mol. The van der Waals surface area contributed by atoms with E-state index < -0.39 is 0 Å². The van der Waals surface area contributed by atoms with Crippen LogP contribution in [0.1, 0.15) is 0 Å². The van der Waals surface area contributed by atoms with E-state index in [1.54, 1.807) is 0 Å². The van der Waals surface area contributed by atoms with Crippen LogP contribution in [0, 0.1) is 0 Å². The Balaban J connectivity index is 1.86.